The molecule has 2 saturated heterocycles. The molecule has 0 amide bonds. The van der Waals surface area contributed by atoms with Gasteiger partial charge in [0.1, 0.15) is 11.6 Å². The van der Waals surface area contributed by atoms with Crippen LogP contribution in [0.15, 0.2) is 30.5 Å². The molecule has 2 aliphatic heterocycles. The predicted molar refractivity (Wildman–Crippen MR) is 110 cm³/mol. The van der Waals surface area contributed by atoms with Gasteiger partial charge in [0, 0.05) is 70.3 Å². The zero-order valence-corrected chi connectivity index (χ0v) is 16.4. The van der Waals surface area contributed by atoms with E-state index in [1.54, 1.807) is 0 Å². The van der Waals surface area contributed by atoms with Gasteiger partial charge in [-0.25, -0.2) is 9.97 Å². The van der Waals surface area contributed by atoms with Crippen LogP contribution < -0.4 is 14.7 Å². The van der Waals surface area contributed by atoms with Crippen LogP contribution in [-0.2, 0) is 0 Å². The van der Waals surface area contributed by atoms with E-state index >= 15 is 0 Å². The Morgan fingerprint density at radius 3 is 2.11 bits per heavy atom. The van der Waals surface area contributed by atoms with Crippen molar-refractivity contribution in [3.63, 3.8) is 0 Å². The largest absolute Gasteiger partial charge is 0.353 e. The molecule has 2 aromatic heterocycles. The number of hydrogen-bond acceptors (Lipinski definition) is 7. The van der Waals surface area contributed by atoms with Gasteiger partial charge in [0.25, 0.3) is 0 Å². The van der Waals surface area contributed by atoms with Crippen molar-refractivity contribution < 1.29 is 0 Å². The zero-order chi connectivity index (χ0) is 18.6. The number of likely N-dealkylation sites (N-methyl/N-ethyl adjacent to an activating group) is 1. The Hall–Kier alpha value is -2.41. The lowest BCUT2D eigenvalue weighted by atomic mass is 10.3. The van der Waals surface area contributed by atoms with Crippen LogP contribution in [0, 0.1) is 6.92 Å². The molecule has 4 rings (SSSR count). The van der Waals surface area contributed by atoms with Crippen LogP contribution in [0.3, 0.4) is 0 Å². The van der Waals surface area contributed by atoms with Crippen molar-refractivity contribution in [1.82, 2.24) is 19.9 Å². The first-order chi connectivity index (χ1) is 13.2. The molecule has 2 aromatic rings. The van der Waals surface area contributed by atoms with Crippen LogP contribution in [0.4, 0.5) is 17.6 Å². The third-order valence-corrected chi connectivity index (χ3v) is 5.51. The molecule has 0 aromatic carbocycles. The molecule has 0 aliphatic carbocycles. The topological polar surface area (TPSA) is 51.6 Å². The Balaban J connectivity index is 1.43. The van der Waals surface area contributed by atoms with Gasteiger partial charge in [-0.15, -0.1) is 0 Å². The third-order valence-electron chi connectivity index (χ3n) is 5.51. The van der Waals surface area contributed by atoms with Gasteiger partial charge in [-0.1, -0.05) is 13.0 Å². The Bertz CT molecular complexity index is 735. The van der Waals surface area contributed by atoms with E-state index in [9.17, 15) is 0 Å². The Morgan fingerprint density at radius 2 is 1.48 bits per heavy atom. The lowest BCUT2D eigenvalue weighted by Crippen LogP contribution is -2.48. The molecule has 0 saturated carbocycles. The fourth-order valence-corrected chi connectivity index (χ4v) is 3.81. The number of nitrogens with zero attached hydrogens (tertiary/aromatic N) is 7. The second-order valence-corrected chi connectivity index (χ2v) is 7.25. The molecular weight excluding hydrogens is 338 g/mol. The van der Waals surface area contributed by atoms with Crippen LogP contribution in [0.5, 0.6) is 0 Å². The zero-order valence-electron chi connectivity index (χ0n) is 16.4. The summed E-state index contributed by atoms with van der Waals surface area (Å²) >= 11 is 0. The molecule has 144 valence electrons. The smallest absolute Gasteiger partial charge is 0.227 e. The van der Waals surface area contributed by atoms with Crippen molar-refractivity contribution in [2.45, 2.75) is 13.8 Å². The van der Waals surface area contributed by atoms with Gasteiger partial charge >= 0.3 is 0 Å². The summed E-state index contributed by atoms with van der Waals surface area (Å²) in [5.41, 5.74) is 1.04. The van der Waals surface area contributed by atoms with Crippen molar-refractivity contribution >= 4 is 17.6 Å². The number of hydrogen-bond donors (Lipinski definition) is 0. The molecule has 0 N–H and O–H groups in total. The highest BCUT2D eigenvalue weighted by Gasteiger charge is 2.22. The summed E-state index contributed by atoms with van der Waals surface area (Å²) in [6.45, 7) is 13.4. The summed E-state index contributed by atoms with van der Waals surface area (Å²) in [5.74, 6) is 2.99. The van der Waals surface area contributed by atoms with Gasteiger partial charge in [-0.05, 0) is 25.6 Å². The third kappa shape index (κ3) is 4.13. The van der Waals surface area contributed by atoms with E-state index in [1.807, 2.05) is 18.3 Å². The Kier molecular flexibility index (Phi) is 5.38. The van der Waals surface area contributed by atoms with E-state index in [-0.39, 0.29) is 0 Å². The highest BCUT2D eigenvalue weighted by atomic mass is 15.4. The van der Waals surface area contributed by atoms with E-state index in [4.69, 9.17) is 9.97 Å². The monoisotopic (exact) mass is 367 g/mol. The van der Waals surface area contributed by atoms with E-state index < -0.39 is 0 Å². The number of aromatic nitrogens is 3. The normalized spacial score (nSPS) is 18.8. The number of anilines is 3. The van der Waals surface area contributed by atoms with Crippen molar-refractivity contribution in [3.05, 3.63) is 36.2 Å². The SMILES string of the molecule is CCN1CCN(c2nc(C)cc(N3CCN(c4ccccn4)CC3)n2)CC1. The molecular formula is C20H29N7. The maximum absolute atomic E-state index is 4.92. The molecule has 2 aliphatic rings. The summed E-state index contributed by atoms with van der Waals surface area (Å²) in [4.78, 5) is 23.6. The molecule has 0 unspecified atom stereocenters. The number of aryl methyl sites for hydroxylation is 1. The average molecular weight is 368 g/mol. The summed E-state index contributed by atoms with van der Waals surface area (Å²) in [7, 11) is 0. The van der Waals surface area contributed by atoms with Crippen LogP contribution >= 0.6 is 0 Å². The second kappa shape index (κ2) is 8.08. The molecule has 7 heteroatoms. The fraction of sp³-hybridized carbons (Fsp3) is 0.550. The quantitative estimate of drug-likeness (QED) is 0.814. The van der Waals surface area contributed by atoms with Gasteiger partial charge < -0.3 is 19.6 Å². The molecule has 7 nitrogen and oxygen atoms in total. The van der Waals surface area contributed by atoms with E-state index in [0.29, 0.717) is 0 Å². The van der Waals surface area contributed by atoms with Gasteiger partial charge in [0.05, 0.1) is 0 Å². The van der Waals surface area contributed by atoms with Crippen molar-refractivity contribution in [2.24, 2.45) is 0 Å². The van der Waals surface area contributed by atoms with E-state index in [2.05, 4.69) is 50.6 Å². The second-order valence-electron chi connectivity index (χ2n) is 7.25. The minimum absolute atomic E-state index is 0.882. The van der Waals surface area contributed by atoms with Crippen LogP contribution in [0.1, 0.15) is 12.6 Å². The molecule has 0 spiro atoms. The first-order valence-corrected chi connectivity index (χ1v) is 9.97. The maximum atomic E-state index is 4.92. The summed E-state index contributed by atoms with van der Waals surface area (Å²) in [6.07, 6.45) is 1.86. The van der Waals surface area contributed by atoms with Crippen LogP contribution in [0.2, 0.25) is 0 Å². The summed E-state index contributed by atoms with van der Waals surface area (Å²) in [6, 6.07) is 8.21. The van der Waals surface area contributed by atoms with E-state index in [0.717, 1.165) is 82.2 Å². The standard InChI is InChI=1S/C20H29N7/c1-3-24-8-10-27(11-9-24)20-22-17(2)16-19(23-20)26-14-12-25(13-15-26)18-6-4-5-7-21-18/h4-7,16H,3,8-15H2,1-2H3. The highest BCUT2D eigenvalue weighted by molar-refractivity contribution is 5.48. The first-order valence-electron chi connectivity index (χ1n) is 9.97. The minimum Gasteiger partial charge on any atom is -0.353 e. The van der Waals surface area contributed by atoms with Gasteiger partial charge in [0.2, 0.25) is 5.95 Å². The van der Waals surface area contributed by atoms with Crippen LogP contribution in [0.25, 0.3) is 0 Å². The summed E-state index contributed by atoms with van der Waals surface area (Å²) in [5, 5.41) is 0. The molecule has 4 heterocycles. The summed E-state index contributed by atoms with van der Waals surface area (Å²) < 4.78 is 0. The fourth-order valence-electron chi connectivity index (χ4n) is 3.81. The molecule has 2 fully saturated rings. The number of rotatable bonds is 4. The lowest BCUT2D eigenvalue weighted by molar-refractivity contribution is 0.270. The molecule has 27 heavy (non-hydrogen) atoms. The maximum Gasteiger partial charge on any atom is 0.227 e. The number of pyridine rings is 1. The molecule has 0 atom stereocenters. The van der Waals surface area contributed by atoms with Gasteiger partial charge in [0.15, 0.2) is 0 Å². The lowest BCUT2D eigenvalue weighted by Gasteiger charge is -2.37. The number of piperazine rings is 2. The van der Waals surface area contributed by atoms with Gasteiger partial charge in [-0.2, -0.15) is 4.98 Å². The molecule has 0 radical (unpaired) electrons. The van der Waals surface area contributed by atoms with Crippen molar-refractivity contribution in [3.8, 4) is 0 Å². The highest BCUT2D eigenvalue weighted by Crippen LogP contribution is 2.21. The first kappa shape index (κ1) is 18.0. The van der Waals surface area contributed by atoms with Crippen LogP contribution in [-0.4, -0.2) is 78.8 Å². The average Bonchev–Trinajstić information content (AvgIpc) is 2.74. The Morgan fingerprint density at radius 1 is 0.815 bits per heavy atom. The van der Waals surface area contributed by atoms with Crippen molar-refractivity contribution in [1.29, 1.82) is 0 Å². The van der Waals surface area contributed by atoms with E-state index in [1.165, 1.54) is 0 Å². The van der Waals surface area contributed by atoms with Crippen molar-refractivity contribution in [2.75, 3.05) is 73.6 Å². The Labute approximate surface area is 161 Å². The minimum atomic E-state index is 0.882. The van der Waals surface area contributed by atoms with Gasteiger partial charge in [-0.3, -0.25) is 0 Å². The predicted octanol–water partition coefficient (Wildman–Crippen LogP) is 1.65. The molecule has 0 bridgehead atoms.